The average molecular weight is 386 g/mol. The molecule has 1 heterocycles. The Bertz CT molecular complexity index is 792. The molecule has 1 unspecified atom stereocenters. The van der Waals surface area contributed by atoms with Crippen LogP contribution in [0.15, 0.2) is 60.1 Å². The summed E-state index contributed by atoms with van der Waals surface area (Å²) in [4.78, 5) is 4.20. The SMILES string of the molecule is Cc1ccc(O/C(=C/c2cccnc2)C(OC/C=C/Cl)C(C)(C)C)c(C)c1. The Labute approximate surface area is 167 Å². The van der Waals surface area contributed by atoms with Crippen LogP contribution in [0.3, 0.4) is 0 Å². The molecular weight excluding hydrogens is 358 g/mol. The third-order valence-corrected chi connectivity index (χ3v) is 4.22. The Kier molecular flexibility index (Phi) is 7.64. The van der Waals surface area contributed by atoms with Gasteiger partial charge in [-0.2, -0.15) is 0 Å². The Morgan fingerprint density at radius 1 is 1.22 bits per heavy atom. The number of aryl methyl sites for hydroxylation is 2. The number of benzene rings is 1. The first kappa shape index (κ1) is 21.2. The van der Waals surface area contributed by atoms with E-state index >= 15 is 0 Å². The van der Waals surface area contributed by atoms with Crippen molar-refractivity contribution in [2.24, 2.45) is 5.41 Å². The van der Waals surface area contributed by atoms with Crippen LogP contribution in [-0.4, -0.2) is 17.7 Å². The second-order valence-electron chi connectivity index (χ2n) is 7.65. The Balaban J connectivity index is 2.45. The van der Waals surface area contributed by atoms with Crippen LogP contribution >= 0.6 is 11.6 Å². The van der Waals surface area contributed by atoms with E-state index in [4.69, 9.17) is 21.1 Å². The van der Waals surface area contributed by atoms with Gasteiger partial charge in [-0.3, -0.25) is 4.98 Å². The minimum atomic E-state index is -0.258. The molecule has 0 aliphatic heterocycles. The minimum Gasteiger partial charge on any atom is -0.459 e. The molecule has 2 aromatic rings. The molecule has 144 valence electrons. The minimum absolute atomic E-state index is 0.174. The van der Waals surface area contributed by atoms with Gasteiger partial charge in [-0.1, -0.05) is 56.1 Å². The first-order chi connectivity index (χ1) is 12.8. The van der Waals surface area contributed by atoms with Gasteiger partial charge in [-0.15, -0.1) is 0 Å². The Morgan fingerprint density at radius 3 is 2.59 bits per heavy atom. The van der Waals surface area contributed by atoms with Crippen molar-refractivity contribution in [3.05, 3.63) is 76.8 Å². The number of rotatable bonds is 7. The number of halogens is 1. The summed E-state index contributed by atoms with van der Waals surface area (Å²) in [6.07, 6.45) is 7.08. The van der Waals surface area contributed by atoms with Gasteiger partial charge in [0.2, 0.25) is 0 Å². The van der Waals surface area contributed by atoms with Crippen molar-refractivity contribution in [2.75, 3.05) is 6.61 Å². The fourth-order valence-corrected chi connectivity index (χ4v) is 2.84. The molecular formula is C23H28ClNO2. The van der Waals surface area contributed by atoms with E-state index < -0.39 is 0 Å². The summed E-state index contributed by atoms with van der Waals surface area (Å²) in [5.74, 6) is 1.56. The summed E-state index contributed by atoms with van der Waals surface area (Å²) in [6.45, 7) is 10.9. The maximum absolute atomic E-state index is 6.37. The van der Waals surface area contributed by atoms with Gasteiger partial charge in [0.25, 0.3) is 0 Å². The zero-order valence-corrected chi connectivity index (χ0v) is 17.5. The third kappa shape index (κ3) is 6.53. The van der Waals surface area contributed by atoms with Crippen molar-refractivity contribution >= 4 is 17.7 Å². The van der Waals surface area contributed by atoms with E-state index in [1.807, 2.05) is 43.5 Å². The van der Waals surface area contributed by atoms with Crippen molar-refractivity contribution in [1.82, 2.24) is 4.98 Å². The average Bonchev–Trinajstić information content (AvgIpc) is 2.60. The second-order valence-corrected chi connectivity index (χ2v) is 7.90. The lowest BCUT2D eigenvalue weighted by atomic mass is 9.87. The third-order valence-electron chi connectivity index (χ3n) is 4.04. The van der Waals surface area contributed by atoms with Gasteiger partial charge in [0.05, 0.1) is 6.61 Å². The first-order valence-corrected chi connectivity index (χ1v) is 9.48. The van der Waals surface area contributed by atoms with Gasteiger partial charge in [-0.05, 0) is 54.7 Å². The molecule has 4 heteroatoms. The number of nitrogens with zero attached hydrogens (tertiary/aromatic N) is 1. The Morgan fingerprint density at radius 2 is 2.00 bits per heavy atom. The van der Waals surface area contributed by atoms with E-state index in [0.29, 0.717) is 6.61 Å². The molecule has 1 aromatic carbocycles. The van der Waals surface area contributed by atoms with E-state index in [9.17, 15) is 0 Å². The van der Waals surface area contributed by atoms with Crippen molar-refractivity contribution in [2.45, 2.75) is 40.7 Å². The molecule has 0 aliphatic rings. The lowest BCUT2D eigenvalue weighted by Crippen LogP contribution is -2.33. The summed E-state index contributed by atoms with van der Waals surface area (Å²) in [5, 5.41) is 0. The van der Waals surface area contributed by atoms with Crippen LogP contribution in [0, 0.1) is 19.3 Å². The number of ether oxygens (including phenoxy) is 2. The van der Waals surface area contributed by atoms with Crippen LogP contribution in [0.25, 0.3) is 6.08 Å². The largest absolute Gasteiger partial charge is 0.459 e. The fraction of sp³-hybridized carbons (Fsp3) is 0.348. The van der Waals surface area contributed by atoms with Crippen LogP contribution < -0.4 is 4.74 Å². The standard InChI is InChI=1S/C23H28ClNO2/c1-17-9-10-20(18(2)14-17)27-21(15-19-8-6-12-25-16-19)22(23(3,4)5)26-13-7-11-24/h6-12,14-16,22H,13H2,1-5H3/b11-7+,21-15+. The van der Waals surface area contributed by atoms with E-state index in [-0.39, 0.29) is 11.5 Å². The zero-order chi connectivity index (χ0) is 19.9. The zero-order valence-electron chi connectivity index (χ0n) is 16.7. The van der Waals surface area contributed by atoms with Crippen molar-refractivity contribution < 1.29 is 9.47 Å². The van der Waals surface area contributed by atoms with Crippen LogP contribution in [0.5, 0.6) is 5.75 Å². The van der Waals surface area contributed by atoms with Crippen LogP contribution in [0.4, 0.5) is 0 Å². The molecule has 0 bridgehead atoms. The van der Waals surface area contributed by atoms with Gasteiger partial charge in [-0.25, -0.2) is 0 Å². The van der Waals surface area contributed by atoms with Crippen LogP contribution in [0.2, 0.25) is 0 Å². The smallest absolute Gasteiger partial charge is 0.134 e. The summed E-state index contributed by atoms with van der Waals surface area (Å²) in [7, 11) is 0. The molecule has 0 fully saturated rings. The van der Waals surface area contributed by atoms with Crippen LogP contribution in [0.1, 0.15) is 37.5 Å². The van der Waals surface area contributed by atoms with Gasteiger partial charge < -0.3 is 9.47 Å². The van der Waals surface area contributed by atoms with E-state index in [0.717, 1.165) is 22.6 Å². The molecule has 0 aliphatic carbocycles. The molecule has 1 atom stereocenters. The van der Waals surface area contributed by atoms with E-state index in [1.165, 1.54) is 11.1 Å². The van der Waals surface area contributed by atoms with Crippen molar-refractivity contribution in [3.63, 3.8) is 0 Å². The highest BCUT2D eigenvalue weighted by molar-refractivity contribution is 6.25. The van der Waals surface area contributed by atoms with Gasteiger partial charge >= 0.3 is 0 Å². The lowest BCUT2D eigenvalue weighted by molar-refractivity contribution is 0.00162. The molecule has 0 saturated heterocycles. The number of aromatic nitrogens is 1. The van der Waals surface area contributed by atoms with E-state index in [2.05, 4.69) is 38.7 Å². The maximum atomic E-state index is 6.37. The molecule has 2 rings (SSSR count). The summed E-state index contributed by atoms with van der Waals surface area (Å²) in [6, 6.07) is 10.1. The number of hydrogen-bond acceptors (Lipinski definition) is 3. The van der Waals surface area contributed by atoms with E-state index in [1.54, 1.807) is 12.3 Å². The molecule has 3 nitrogen and oxygen atoms in total. The highest BCUT2D eigenvalue weighted by Gasteiger charge is 2.31. The topological polar surface area (TPSA) is 31.4 Å². The predicted molar refractivity (Wildman–Crippen MR) is 113 cm³/mol. The number of pyridine rings is 1. The first-order valence-electron chi connectivity index (χ1n) is 9.05. The summed E-state index contributed by atoms with van der Waals surface area (Å²) < 4.78 is 12.5. The summed E-state index contributed by atoms with van der Waals surface area (Å²) in [5.41, 5.74) is 4.54. The second kappa shape index (κ2) is 9.72. The van der Waals surface area contributed by atoms with Crippen molar-refractivity contribution in [3.8, 4) is 5.75 Å². The molecule has 27 heavy (non-hydrogen) atoms. The van der Waals surface area contributed by atoms with Crippen LogP contribution in [-0.2, 0) is 4.74 Å². The molecule has 0 saturated carbocycles. The van der Waals surface area contributed by atoms with Gasteiger partial charge in [0.15, 0.2) is 0 Å². The van der Waals surface area contributed by atoms with Crippen molar-refractivity contribution in [1.29, 1.82) is 0 Å². The van der Waals surface area contributed by atoms with Gasteiger partial charge in [0, 0.05) is 17.9 Å². The molecule has 0 spiro atoms. The lowest BCUT2D eigenvalue weighted by Gasteiger charge is -2.32. The molecule has 0 radical (unpaired) electrons. The fourth-order valence-electron chi connectivity index (χ4n) is 2.77. The Hall–Kier alpha value is -2.10. The predicted octanol–water partition coefficient (Wildman–Crippen LogP) is 6.30. The quantitative estimate of drug-likeness (QED) is 0.524. The highest BCUT2D eigenvalue weighted by Crippen LogP contribution is 2.32. The molecule has 0 N–H and O–H groups in total. The normalized spacial score (nSPS) is 13.8. The van der Waals surface area contributed by atoms with Gasteiger partial charge in [0.1, 0.15) is 17.6 Å². The molecule has 1 aromatic heterocycles. The monoisotopic (exact) mass is 385 g/mol. The highest BCUT2D eigenvalue weighted by atomic mass is 35.5. The number of hydrogen-bond donors (Lipinski definition) is 0. The molecule has 0 amide bonds. The summed E-state index contributed by atoms with van der Waals surface area (Å²) >= 11 is 5.66. The maximum Gasteiger partial charge on any atom is 0.134 e.